The lowest BCUT2D eigenvalue weighted by atomic mass is 10.0. The maximum atomic E-state index is 12.5. The number of fused-ring (bicyclic) bond motifs is 1. The van der Waals surface area contributed by atoms with Crippen molar-refractivity contribution in [1.29, 1.82) is 5.26 Å². The van der Waals surface area contributed by atoms with Crippen molar-refractivity contribution < 1.29 is 4.79 Å². The van der Waals surface area contributed by atoms with E-state index in [4.69, 9.17) is 0 Å². The quantitative estimate of drug-likeness (QED) is 0.796. The zero-order valence-electron chi connectivity index (χ0n) is 14.1. The molecule has 24 heavy (non-hydrogen) atoms. The number of nitriles is 1. The van der Waals surface area contributed by atoms with Gasteiger partial charge in [-0.25, -0.2) is 4.98 Å². The Morgan fingerprint density at radius 2 is 2.25 bits per heavy atom. The highest BCUT2D eigenvalue weighted by Gasteiger charge is 2.23. The van der Waals surface area contributed by atoms with Crippen LogP contribution >= 0.6 is 11.8 Å². The molecule has 0 saturated carbocycles. The number of aromatic nitrogens is 1. The predicted octanol–water partition coefficient (Wildman–Crippen LogP) is 3.91. The van der Waals surface area contributed by atoms with E-state index in [9.17, 15) is 10.1 Å². The van der Waals surface area contributed by atoms with Gasteiger partial charge in [-0.2, -0.15) is 5.26 Å². The minimum absolute atomic E-state index is 0.141. The van der Waals surface area contributed by atoms with E-state index >= 15 is 0 Å². The number of carbonyl (C=O) groups excluding carboxylic acids is 1. The van der Waals surface area contributed by atoms with Gasteiger partial charge in [0.25, 0.3) is 0 Å². The molecular weight excluding hydrogens is 318 g/mol. The van der Waals surface area contributed by atoms with Crippen molar-refractivity contribution in [2.75, 3.05) is 12.3 Å². The van der Waals surface area contributed by atoms with Crippen LogP contribution in [0, 0.1) is 18.3 Å². The number of benzene rings is 1. The summed E-state index contributed by atoms with van der Waals surface area (Å²) in [5, 5.41) is 11.0. The Morgan fingerprint density at radius 1 is 1.42 bits per heavy atom. The fourth-order valence-electron chi connectivity index (χ4n) is 3.13. The summed E-state index contributed by atoms with van der Waals surface area (Å²) in [6, 6.07) is 10.4. The van der Waals surface area contributed by atoms with Crippen LogP contribution in [0.1, 0.15) is 37.3 Å². The van der Waals surface area contributed by atoms with E-state index in [0.29, 0.717) is 22.4 Å². The minimum Gasteiger partial charge on any atom is -0.339 e. The monoisotopic (exact) mass is 339 g/mol. The highest BCUT2D eigenvalue weighted by molar-refractivity contribution is 8.00. The first kappa shape index (κ1) is 16.8. The van der Waals surface area contributed by atoms with Crippen LogP contribution in [0.25, 0.3) is 10.9 Å². The number of aryl methyl sites for hydroxylation is 1. The molecule has 0 bridgehead atoms. The topological polar surface area (TPSA) is 57.0 Å². The lowest BCUT2D eigenvalue weighted by Gasteiger charge is -2.33. The number of hydrogen-bond acceptors (Lipinski definition) is 4. The highest BCUT2D eigenvalue weighted by Crippen LogP contribution is 2.26. The van der Waals surface area contributed by atoms with Crippen molar-refractivity contribution in [3.05, 3.63) is 35.4 Å². The van der Waals surface area contributed by atoms with Gasteiger partial charge in [-0.05, 0) is 50.8 Å². The molecule has 0 spiro atoms. The van der Waals surface area contributed by atoms with E-state index in [2.05, 4.69) is 18.0 Å². The Labute approximate surface area is 146 Å². The van der Waals surface area contributed by atoms with Crippen LogP contribution in [0.5, 0.6) is 0 Å². The molecule has 3 rings (SSSR count). The third-order valence-electron chi connectivity index (χ3n) is 4.51. The Morgan fingerprint density at radius 3 is 3.00 bits per heavy atom. The number of hydrogen-bond donors (Lipinski definition) is 0. The summed E-state index contributed by atoms with van der Waals surface area (Å²) in [4.78, 5) is 19.1. The predicted molar refractivity (Wildman–Crippen MR) is 96.9 cm³/mol. The molecule has 1 saturated heterocycles. The van der Waals surface area contributed by atoms with Crippen LogP contribution in [-0.2, 0) is 4.79 Å². The molecule has 1 fully saturated rings. The Balaban J connectivity index is 1.79. The van der Waals surface area contributed by atoms with Crippen molar-refractivity contribution in [1.82, 2.24) is 9.88 Å². The Bertz CT molecular complexity index is 812. The van der Waals surface area contributed by atoms with Gasteiger partial charge in [0.2, 0.25) is 5.91 Å². The number of thioether (sulfide) groups is 1. The molecule has 0 aliphatic carbocycles. The van der Waals surface area contributed by atoms with E-state index in [1.807, 2.05) is 36.1 Å². The molecule has 0 N–H and O–H groups in total. The molecule has 1 atom stereocenters. The zero-order chi connectivity index (χ0) is 17.1. The largest absolute Gasteiger partial charge is 0.339 e. The number of nitrogens with zero attached hydrogens (tertiary/aromatic N) is 3. The summed E-state index contributed by atoms with van der Waals surface area (Å²) < 4.78 is 0. The molecule has 1 aromatic carbocycles. The minimum atomic E-state index is 0.141. The van der Waals surface area contributed by atoms with E-state index in [0.717, 1.165) is 35.9 Å². The third kappa shape index (κ3) is 3.54. The summed E-state index contributed by atoms with van der Waals surface area (Å²) in [5.41, 5.74) is 2.54. The molecule has 4 nitrogen and oxygen atoms in total. The summed E-state index contributed by atoms with van der Waals surface area (Å²) in [6.45, 7) is 4.98. The van der Waals surface area contributed by atoms with Crippen LogP contribution in [0.2, 0.25) is 0 Å². The van der Waals surface area contributed by atoms with Crippen LogP contribution in [-0.4, -0.2) is 34.1 Å². The molecule has 1 aromatic heterocycles. The van der Waals surface area contributed by atoms with Gasteiger partial charge in [-0.15, -0.1) is 0 Å². The van der Waals surface area contributed by atoms with Crippen LogP contribution < -0.4 is 0 Å². The van der Waals surface area contributed by atoms with Crippen LogP contribution in [0.3, 0.4) is 0 Å². The van der Waals surface area contributed by atoms with Gasteiger partial charge in [0.05, 0.1) is 16.8 Å². The van der Waals surface area contributed by atoms with E-state index in [1.54, 1.807) is 0 Å². The Kier molecular flexibility index (Phi) is 5.06. The zero-order valence-corrected chi connectivity index (χ0v) is 14.9. The molecule has 1 aliphatic rings. The number of piperidine rings is 1. The van der Waals surface area contributed by atoms with Crippen molar-refractivity contribution in [2.24, 2.45) is 0 Å². The molecule has 1 amide bonds. The second-order valence-electron chi connectivity index (χ2n) is 6.37. The van der Waals surface area contributed by atoms with E-state index in [1.165, 1.54) is 18.2 Å². The molecule has 2 aromatic rings. The molecule has 1 unspecified atom stereocenters. The van der Waals surface area contributed by atoms with Crippen molar-refractivity contribution >= 4 is 28.6 Å². The maximum absolute atomic E-state index is 12.5. The summed E-state index contributed by atoms with van der Waals surface area (Å²) in [6.07, 6.45) is 3.35. The molecule has 2 heterocycles. The van der Waals surface area contributed by atoms with Crippen LogP contribution in [0.15, 0.2) is 29.3 Å². The summed E-state index contributed by atoms with van der Waals surface area (Å²) in [5.74, 6) is 0.478. The normalized spacial score (nSPS) is 17.7. The molecular formula is C19H21N3OS. The first-order chi connectivity index (χ1) is 11.6. The van der Waals surface area contributed by atoms with Gasteiger partial charge >= 0.3 is 0 Å². The second kappa shape index (κ2) is 7.23. The SMILES string of the molecule is Cc1ccc2cc(C#N)c(SCC(=O)N3CCCCC3C)nc2c1. The van der Waals surface area contributed by atoms with Crippen molar-refractivity contribution in [3.8, 4) is 6.07 Å². The first-order valence-electron chi connectivity index (χ1n) is 8.32. The average molecular weight is 339 g/mol. The number of carbonyl (C=O) groups is 1. The lowest BCUT2D eigenvalue weighted by molar-refractivity contribution is -0.131. The number of likely N-dealkylation sites (tertiary alicyclic amines) is 1. The van der Waals surface area contributed by atoms with Gasteiger partial charge in [-0.1, -0.05) is 23.9 Å². The highest BCUT2D eigenvalue weighted by atomic mass is 32.2. The van der Waals surface area contributed by atoms with Gasteiger partial charge in [0, 0.05) is 18.0 Å². The van der Waals surface area contributed by atoms with Gasteiger partial charge < -0.3 is 4.90 Å². The fourth-order valence-corrected chi connectivity index (χ4v) is 3.98. The summed E-state index contributed by atoms with van der Waals surface area (Å²) in [7, 11) is 0. The smallest absolute Gasteiger partial charge is 0.233 e. The van der Waals surface area contributed by atoms with E-state index in [-0.39, 0.29) is 5.91 Å². The molecule has 124 valence electrons. The fraction of sp³-hybridized carbons (Fsp3) is 0.421. The molecule has 0 radical (unpaired) electrons. The summed E-state index contributed by atoms with van der Waals surface area (Å²) >= 11 is 1.37. The third-order valence-corrected chi connectivity index (χ3v) is 5.49. The second-order valence-corrected chi connectivity index (χ2v) is 7.33. The average Bonchev–Trinajstić information content (AvgIpc) is 2.59. The number of pyridine rings is 1. The molecule has 1 aliphatic heterocycles. The van der Waals surface area contributed by atoms with Gasteiger partial charge in [0.15, 0.2) is 0 Å². The number of rotatable bonds is 3. The van der Waals surface area contributed by atoms with Crippen molar-refractivity contribution in [2.45, 2.75) is 44.2 Å². The number of amides is 1. The van der Waals surface area contributed by atoms with Crippen LogP contribution in [0.4, 0.5) is 0 Å². The van der Waals surface area contributed by atoms with Gasteiger partial charge in [-0.3, -0.25) is 4.79 Å². The van der Waals surface area contributed by atoms with Gasteiger partial charge in [0.1, 0.15) is 11.1 Å². The van der Waals surface area contributed by atoms with Crippen molar-refractivity contribution in [3.63, 3.8) is 0 Å². The first-order valence-corrected chi connectivity index (χ1v) is 9.31. The van der Waals surface area contributed by atoms with E-state index < -0.39 is 0 Å². The standard InChI is InChI=1S/C19H21N3OS/c1-13-6-7-15-10-16(11-20)19(21-17(15)9-13)24-12-18(23)22-8-4-3-5-14(22)2/h6-7,9-10,14H,3-5,8,12H2,1-2H3. The maximum Gasteiger partial charge on any atom is 0.233 e. The Hall–Kier alpha value is -2.06. The molecule has 5 heteroatoms. The lowest BCUT2D eigenvalue weighted by Crippen LogP contribution is -2.42.